The summed E-state index contributed by atoms with van der Waals surface area (Å²) < 4.78 is 18.6. The maximum absolute atomic E-state index is 13.6. The maximum Gasteiger partial charge on any atom is 0.148 e. The van der Waals surface area contributed by atoms with Gasteiger partial charge in [-0.3, -0.25) is 0 Å². The summed E-state index contributed by atoms with van der Waals surface area (Å²) >= 11 is 0. The van der Waals surface area contributed by atoms with E-state index in [0.717, 1.165) is 12.0 Å². The Kier molecular flexibility index (Phi) is 6.59. The van der Waals surface area contributed by atoms with E-state index < -0.39 is 0 Å². The summed E-state index contributed by atoms with van der Waals surface area (Å²) in [6, 6.07) is 6.41. The van der Waals surface area contributed by atoms with Gasteiger partial charge in [0.25, 0.3) is 0 Å². The van der Waals surface area contributed by atoms with E-state index in [4.69, 9.17) is 4.74 Å². The van der Waals surface area contributed by atoms with E-state index in [0.29, 0.717) is 18.0 Å². The molecule has 0 aliphatic rings. The minimum absolute atomic E-state index is 0.339. The van der Waals surface area contributed by atoms with Crippen molar-refractivity contribution in [2.45, 2.75) is 13.3 Å². The Morgan fingerprint density at radius 2 is 2.15 bits per heavy atom. The van der Waals surface area contributed by atoms with Crippen LogP contribution in [-0.2, 0) is 4.74 Å². The number of hydrogen-bond donors (Lipinski definition) is 0. The first-order valence-electron chi connectivity index (χ1n) is 6.31. The second kappa shape index (κ2) is 8.22. The highest BCUT2D eigenvalue weighted by atomic mass is 19.1. The number of nitrogens with zero attached hydrogens (tertiary/aromatic N) is 3. The molecule has 0 atom stereocenters. The number of ether oxygens (including phenoxy) is 1. The molecule has 1 rings (SSSR count). The number of rotatable bonds is 7. The van der Waals surface area contributed by atoms with Gasteiger partial charge in [-0.25, -0.2) is 9.40 Å². The molecule has 0 aliphatic carbocycles. The van der Waals surface area contributed by atoms with Crippen LogP contribution in [0.25, 0.3) is 0 Å². The minimum atomic E-state index is -0.339. The number of halogens is 1. The maximum atomic E-state index is 13.6. The van der Waals surface area contributed by atoms with Crippen LogP contribution in [0.1, 0.15) is 13.3 Å². The van der Waals surface area contributed by atoms with E-state index in [1.54, 1.807) is 32.4 Å². The van der Waals surface area contributed by atoms with Gasteiger partial charge in [-0.1, -0.05) is 30.0 Å². The zero-order valence-corrected chi connectivity index (χ0v) is 12.1. The van der Waals surface area contributed by atoms with Crippen molar-refractivity contribution in [3.05, 3.63) is 54.0 Å². The SMILES string of the molecule is C=C(C)C(=C\CCOC)/N=N\N(C)c1ccccc1F. The molecule has 0 radical (unpaired) electrons. The van der Waals surface area contributed by atoms with Gasteiger partial charge in [-0.2, -0.15) is 0 Å². The topological polar surface area (TPSA) is 37.2 Å². The molecule has 4 nitrogen and oxygen atoms in total. The summed E-state index contributed by atoms with van der Waals surface area (Å²) in [5.74, 6) is -0.339. The average Bonchev–Trinajstić information content (AvgIpc) is 2.42. The van der Waals surface area contributed by atoms with Crippen molar-refractivity contribution < 1.29 is 9.13 Å². The van der Waals surface area contributed by atoms with Crippen molar-refractivity contribution in [1.29, 1.82) is 0 Å². The highest BCUT2D eigenvalue weighted by Crippen LogP contribution is 2.18. The van der Waals surface area contributed by atoms with Gasteiger partial charge >= 0.3 is 0 Å². The van der Waals surface area contributed by atoms with Crippen molar-refractivity contribution in [3.8, 4) is 0 Å². The van der Waals surface area contributed by atoms with Crippen molar-refractivity contribution >= 4 is 5.69 Å². The van der Waals surface area contributed by atoms with Gasteiger partial charge < -0.3 is 4.74 Å². The van der Waals surface area contributed by atoms with Gasteiger partial charge in [0, 0.05) is 20.8 Å². The van der Waals surface area contributed by atoms with E-state index in [-0.39, 0.29) is 5.82 Å². The van der Waals surface area contributed by atoms with Crippen molar-refractivity contribution in [2.24, 2.45) is 10.3 Å². The number of para-hydroxylation sites is 1. The third-order valence-corrected chi connectivity index (χ3v) is 2.58. The first-order chi connectivity index (χ1) is 9.56. The summed E-state index contributed by atoms with van der Waals surface area (Å²) in [5, 5.41) is 9.50. The molecule has 1 aromatic carbocycles. The number of anilines is 1. The fraction of sp³-hybridized carbons (Fsp3) is 0.333. The monoisotopic (exact) mass is 277 g/mol. The summed E-state index contributed by atoms with van der Waals surface area (Å²) in [6.45, 7) is 6.30. The van der Waals surface area contributed by atoms with Crippen LogP contribution in [0.3, 0.4) is 0 Å². The average molecular weight is 277 g/mol. The Balaban J connectivity index is 2.80. The molecule has 0 fully saturated rings. The van der Waals surface area contributed by atoms with Gasteiger partial charge in [0.05, 0.1) is 11.4 Å². The zero-order valence-electron chi connectivity index (χ0n) is 12.1. The van der Waals surface area contributed by atoms with E-state index in [1.807, 2.05) is 13.0 Å². The van der Waals surface area contributed by atoms with Gasteiger partial charge in [0.2, 0.25) is 0 Å². The van der Waals surface area contributed by atoms with Crippen LogP contribution in [-0.4, -0.2) is 20.8 Å². The molecule has 0 aliphatic heterocycles. The number of methoxy groups -OCH3 is 1. The third kappa shape index (κ3) is 4.93. The molecule has 0 unspecified atom stereocenters. The zero-order chi connectivity index (χ0) is 15.0. The van der Waals surface area contributed by atoms with Crippen LogP contribution in [0.4, 0.5) is 10.1 Å². The molecule has 0 N–H and O–H groups in total. The third-order valence-electron chi connectivity index (χ3n) is 2.58. The lowest BCUT2D eigenvalue weighted by Gasteiger charge is -2.12. The largest absolute Gasteiger partial charge is 0.384 e. The molecular formula is C15H20FN3O. The highest BCUT2D eigenvalue weighted by molar-refractivity contribution is 5.45. The molecule has 0 saturated heterocycles. The summed E-state index contributed by atoms with van der Waals surface area (Å²) in [6.07, 6.45) is 2.62. The van der Waals surface area contributed by atoms with Crippen LogP contribution in [0.2, 0.25) is 0 Å². The quantitative estimate of drug-likeness (QED) is 0.325. The number of benzene rings is 1. The molecule has 108 valence electrons. The molecule has 0 heterocycles. The second-order valence-electron chi connectivity index (χ2n) is 4.32. The lowest BCUT2D eigenvalue weighted by molar-refractivity contribution is 0.204. The van der Waals surface area contributed by atoms with Crippen LogP contribution in [0.15, 0.2) is 58.5 Å². The molecule has 0 spiro atoms. The van der Waals surface area contributed by atoms with Crippen molar-refractivity contribution in [1.82, 2.24) is 0 Å². The minimum Gasteiger partial charge on any atom is -0.384 e. The fourth-order valence-corrected chi connectivity index (χ4v) is 1.49. The van der Waals surface area contributed by atoms with Crippen molar-refractivity contribution in [2.75, 3.05) is 25.8 Å². The van der Waals surface area contributed by atoms with Crippen molar-refractivity contribution in [3.63, 3.8) is 0 Å². The predicted octanol–water partition coefficient (Wildman–Crippen LogP) is 4.13. The van der Waals surface area contributed by atoms with Gasteiger partial charge in [0.15, 0.2) is 0 Å². The summed E-state index contributed by atoms with van der Waals surface area (Å²) in [5.41, 5.74) is 1.84. The molecule has 0 saturated carbocycles. The Bertz CT molecular complexity index is 512. The predicted molar refractivity (Wildman–Crippen MR) is 79.0 cm³/mol. The molecule has 0 aromatic heterocycles. The summed E-state index contributed by atoms with van der Waals surface area (Å²) in [7, 11) is 3.29. The molecule has 5 heteroatoms. The number of allylic oxidation sites excluding steroid dienone is 1. The standard InChI is InChI=1S/C15H20FN3O/c1-12(2)14(9-7-11-20-4)17-18-19(3)15-10-6-5-8-13(15)16/h5-6,8-10H,1,7,11H2,2-4H3/b14-9+,18-17-. The molecular weight excluding hydrogens is 257 g/mol. The highest BCUT2D eigenvalue weighted by Gasteiger charge is 2.05. The van der Waals surface area contributed by atoms with Gasteiger partial charge in [-0.05, 0) is 31.1 Å². The van der Waals surface area contributed by atoms with E-state index in [1.165, 1.54) is 11.1 Å². The van der Waals surface area contributed by atoms with Crippen LogP contribution in [0.5, 0.6) is 0 Å². The second-order valence-corrected chi connectivity index (χ2v) is 4.32. The van der Waals surface area contributed by atoms with Crippen LogP contribution < -0.4 is 5.01 Å². The Morgan fingerprint density at radius 1 is 1.45 bits per heavy atom. The van der Waals surface area contributed by atoms with Crippen LogP contribution >= 0.6 is 0 Å². The lowest BCUT2D eigenvalue weighted by atomic mass is 10.2. The lowest BCUT2D eigenvalue weighted by Crippen LogP contribution is -2.09. The Morgan fingerprint density at radius 3 is 2.75 bits per heavy atom. The van der Waals surface area contributed by atoms with E-state index >= 15 is 0 Å². The fourth-order valence-electron chi connectivity index (χ4n) is 1.49. The molecule has 0 amide bonds. The smallest absolute Gasteiger partial charge is 0.148 e. The first-order valence-corrected chi connectivity index (χ1v) is 6.31. The number of hydrogen-bond acceptors (Lipinski definition) is 3. The Hall–Kier alpha value is -2.01. The van der Waals surface area contributed by atoms with Crippen LogP contribution in [0, 0.1) is 5.82 Å². The van der Waals surface area contributed by atoms with Gasteiger partial charge in [0.1, 0.15) is 5.82 Å². The van der Waals surface area contributed by atoms with Gasteiger partial charge in [-0.15, -0.1) is 5.11 Å². The van der Waals surface area contributed by atoms with E-state index in [9.17, 15) is 4.39 Å². The van der Waals surface area contributed by atoms with E-state index in [2.05, 4.69) is 16.9 Å². The molecule has 1 aromatic rings. The first kappa shape index (κ1) is 16.0. The summed E-state index contributed by atoms with van der Waals surface area (Å²) in [4.78, 5) is 0. The normalized spacial score (nSPS) is 11.9. The Labute approximate surface area is 119 Å². The molecule has 20 heavy (non-hydrogen) atoms. The molecule has 0 bridgehead atoms.